The van der Waals surface area contributed by atoms with Crippen LogP contribution in [0.15, 0.2) is 127 Å². The number of hydrogen-bond donors (Lipinski definition) is 0. The van der Waals surface area contributed by atoms with Gasteiger partial charge in [0, 0.05) is 41.3 Å². The topological polar surface area (TPSA) is 15.7 Å². The minimum atomic E-state index is -0.305. The predicted molar refractivity (Wildman–Crippen MR) is 172 cm³/mol. The Morgan fingerprint density at radius 2 is 1.07 bits per heavy atom. The lowest BCUT2D eigenvalue weighted by Crippen LogP contribution is -2.36. The number of anilines is 4. The van der Waals surface area contributed by atoms with Gasteiger partial charge in [0.15, 0.2) is 0 Å². The van der Waals surface area contributed by atoms with Crippen LogP contribution in [0.25, 0.3) is 0 Å². The fraction of sp³-hybridized carbons (Fsp3) is 0.211. The van der Waals surface area contributed by atoms with Gasteiger partial charge in [-0.15, -0.1) is 0 Å². The Kier molecular flexibility index (Phi) is 7.63. The quantitative estimate of drug-likeness (QED) is 0.192. The molecule has 1 fully saturated rings. The second-order valence-corrected chi connectivity index (χ2v) is 11.2. The molecular formula is C38H38N2O. The molecule has 1 aliphatic heterocycles. The highest BCUT2D eigenvalue weighted by Crippen LogP contribution is 2.42. The van der Waals surface area contributed by atoms with Gasteiger partial charge < -0.3 is 14.5 Å². The van der Waals surface area contributed by atoms with Gasteiger partial charge in [0.2, 0.25) is 0 Å². The number of rotatable bonds is 7. The van der Waals surface area contributed by atoms with Gasteiger partial charge in [0.05, 0.1) is 13.2 Å². The van der Waals surface area contributed by atoms with Gasteiger partial charge in [0.25, 0.3) is 0 Å². The van der Waals surface area contributed by atoms with Crippen LogP contribution >= 0.6 is 0 Å². The summed E-state index contributed by atoms with van der Waals surface area (Å²) < 4.78 is 5.56. The van der Waals surface area contributed by atoms with E-state index in [9.17, 15) is 0 Å². The van der Waals surface area contributed by atoms with Crippen molar-refractivity contribution in [2.75, 3.05) is 36.1 Å². The van der Waals surface area contributed by atoms with E-state index >= 15 is 0 Å². The first-order chi connectivity index (χ1) is 20.0. The average Bonchev–Trinajstić information content (AvgIpc) is 3.02. The molecule has 0 amide bonds. The van der Waals surface area contributed by atoms with Crippen molar-refractivity contribution < 1.29 is 4.74 Å². The van der Waals surface area contributed by atoms with Gasteiger partial charge in [-0.05, 0) is 97.1 Å². The Hall–Kier alpha value is -4.34. The molecular weight excluding hydrogens is 500 g/mol. The molecule has 0 radical (unpaired) electrons. The molecule has 1 atom stereocenters. The molecule has 1 unspecified atom stereocenters. The Morgan fingerprint density at radius 3 is 1.61 bits per heavy atom. The van der Waals surface area contributed by atoms with Gasteiger partial charge in [-0.2, -0.15) is 0 Å². The molecule has 0 bridgehead atoms. The Balaban J connectivity index is 1.41. The first kappa shape index (κ1) is 26.9. The molecule has 3 heteroatoms. The van der Waals surface area contributed by atoms with E-state index in [4.69, 9.17) is 4.74 Å². The predicted octanol–water partition coefficient (Wildman–Crippen LogP) is 8.96. The van der Waals surface area contributed by atoms with E-state index in [2.05, 4.69) is 158 Å². The van der Waals surface area contributed by atoms with Crippen LogP contribution in [0.5, 0.6) is 0 Å². The third-order valence-corrected chi connectivity index (χ3v) is 8.39. The third-order valence-electron chi connectivity index (χ3n) is 8.39. The van der Waals surface area contributed by atoms with Crippen LogP contribution in [-0.2, 0) is 10.2 Å². The van der Waals surface area contributed by atoms with Gasteiger partial charge in [-0.25, -0.2) is 0 Å². The summed E-state index contributed by atoms with van der Waals surface area (Å²) in [5.74, 6) is 0. The summed E-state index contributed by atoms with van der Waals surface area (Å²) in [4.78, 5) is 4.76. The maximum Gasteiger partial charge on any atom is 0.0642 e. The molecule has 5 aromatic rings. The number of hydrogen-bond acceptors (Lipinski definition) is 3. The minimum absolute atomic E-state index is 0.305. The number of aryl methyl sites for hydroxylation is 2. The molecule has 1 aliphatic rings. The highest BCUT2D eigenvalue weighted by molar-refractivity contribution is 5.77. The largest absolute Gasteiger partial charge is 0.378 e. The van der Waals surface area contributed by atoms with Crippen LogP contribution in [0.1, 0.15) is 34.7 Å². The van der Waals surface area contributed by atoms with Gasteiger partial charge in [-0.1, -0.05) is 78.9 Å². The highest BCUT2D eigenvalue weighted by atomic mass is 16.5. The van der Waals surface area contributed by atoms with E-state index in [-0.39, 0.29) is 5.41 Å². The number of nitrogens with zero attached hydrogens (tertiary/aromatic N) is 2. The van der Waals surface area contributed by atoms with Gasteiger partial charge >= 0.3 is 0 Å². The first-order valence-corrected chi connectivity index (χ1v) is 14.6. The summed E-state index contributed by atoms with van der Waals surface area (Å²) in [6.07, 6.45) is 0. The SMILES string of the molecule is Cc1cccc(N(c2ccc(C(C)(c3ccccc3)c3ccc(N4CCOCC4)cc3)cc2)c2cccc(C)c2)c1. The Labute approximate surface area is 244 Å². The molecule has 3 nitrogen and oxygen atoms in total. The number of morpholine rings is 1. The zero-order valence-electron chi connectivity index (χ0n) is 24.3. The van der Waals surface area contributed by atoms with Crippen LogP contribution in [0.3, 0.4) is 0 Å². The molecule has 0 spiro atoms. The van der Waals surface area contributed by atoms with Crippen molar-refractivity contribution in [1.29, 1.82) is 0 Å². The summed E-state index contributed by atoms with van der Waals surface area (Å²) in [7, 11) is 0. The van der Waals surface area contributed by atoms with Crippen LogP contribution in [0.2, 0.25) is 0 Å². The molecule has 41 heavy (non-hydrogen) atoms. The Morgan fingerprint density at radius 1 is 0.561 bits per heavy atom. The maximum absolute atomic E-state index is 5.56. The van der Waals surface area contributed by atoms with Crippen LogP contribution in [-0.4, -0.2) is 26.3 Å². The van der Waals surface area contributed by atoms with E-state index in [0.29, 0.717) is 0 Å². The van der Waals surface area contributed by atoms with Crippen molar-refractivity contribution in [3.63, 3.8) is 0 Å². The second-order valence-electron chi connectivity index (χ2n) is 11.2. The van der Waals surface area contributed by atoms with Crippen molar-refractivity contribution in [1.82, 2.24) is 0 Å². The van der Waals surface area contributed by atoms with Crippen LogP contribution in [0.4, 0.5) is 22.7 Å². The molecule has 0 aromatic heterocycles. The van der Waals surface area contributed by atoms with Crippen LogP contribution < -0.4 is 9.80 Å². The summed E-state index contributed by atoms with van der Waals surface area (Å²) >= 11 is 0. The Bertz CT molecular complexity index is 1540. The highest BCUT2D eigenvalue weighted by Gasteiger charge is 2.31. The van der Waals surface area contributed by atoms with Crippen LogP contribution in [0, 0.1) is 13.8 Å². The van der Waals surface area contributed by atoms with Crippen molar-refractivity contribution in [2.45, 2.75) is 26.2 Å². The molecule has 5 aromatic carbocycles. The molecule has 1 saturated heterocycles. The average molecular weight is 539 g/mol. The summed E-state index contributed by atoms with van der Waals surface area (Å²) in [5.41, 5.74) is 10.7. The lowest BCUT2D eigenvalue weighted by atomic mass is 9.71. The normalized spacial score (nSPS) is 14.9. The number of ether oxygens (including phenoxy) is 1. The van der Waals surface area contributed by atoms with Gasteiger partial charge in [0.1, 0.15) is 0 Å². The lowest BCUT2D eigenvalue weighted by Gasteiger charge is -2.34. The standard InChI is InChI=1S/C38H38N2O/c1-29-9-7-13-36(27-29)40(37-14-8-10-30(2)28-37)35-21-17-33(18-22-35)38(3,31-11-5-4-6-12-31)32-15-19-34(20-16-32)39-23-25-41-26-24-39/h4-22,27-28H,23-26H2,1-3H3. The fourth-order valence-corrected chi connectivity index (χ4v) is 6.02. The monoisotopic (exact) mass is 538 g/mol. The van der Waals surface area contributed by atoms with Gasteiger partial charge in [-0.3, -0.25) is 0 Å². The van der Waals surface area contributed by atoms with E-state index in [0.717, 1.165) is 43.4 Å². The molecule has 0 N–H and O–H groups in total. The van der Waals surface area contributed by atoms with Crippen molar-refractivity contribution in [2.24, 2.45) is 0 Å². The van der Waals surface area contributed by atoms with E-state index in [1.54, 1.807) is 0 Å². The molecule has 6 rings (SSSR count). The van der Waals surface area contributed by atoms with E-state index in [1.807, 2.05) is 0 Å². The first-order valence-electron chi connectivity index (χ1n) is 14.6. The van der Waals surface area contributed by atoms with Crippen molar-refractivity contribution >= 4 is 22.7 Å². The maximum atomic E-state index is 5.56. The number of benzene rings is 5. The molecule has 0 saturated carbocycles. The molecule has 1 heterocycles. The van der Waals surface area contributed by atoms with Crippen molar-refractivity contribution in [3.05, 3.63) is 155 Å². The fourth-order valence-electron chi connectivity index (χ4n) is 6.02. The second kappa shape index (κ2) is 11.6. The van der Waals surface area contributed by atoms with Crippen molar-refractivity contribution in [3.8, 4) is 0 Å². The lowest BCUT2D eigenvalue weighted by molar-refractivity contribution is 0.122. The zero-order chi connectivity index (χ0) is 28.2. The summed E-state index contributed by atoms with van der Waals surface area (Å²) in [6, 6.07) is 46.6. The van der Waals surface area contributed by atoms with E-state index < -0.39 is 0 Å². The summed E-state index contributed by atoms with van der Waals surface area (Å²) in [6.45, 7) is 10.1. The minimum Gasteiger partial charge on any atom is -0.378 e. The summed E-state index contributed by atoms with van der Waals surface area (Å²) in [5, 5.41) is 0. The van der Waals surface area contributed by atoms with E-state index in [1.165, 1.54) is 33.5 Å². The third kappa shape index (κ3) is 5.51. The smallest absolute Gasteiger partial charge is 0.0642 e. The molecule has 206 valence electrons. The zero-order valence-corrected chi connectivity index (χ0v) is 24.3. The molecule has 0 aliphatic carbocycles.